The molecular formula is C19H21N3OS2. The highest BCUT2D eigenvalue weighted by molar-refractivity contribution is 7.22. The number of para-hydroxylation sites is 1. The molecule has 0 fully saturated rings. The lowest BCUT2D eigenvalue weighted by molar-refractivity contribution is -0.109. The van der Waals surface area contributed by atoms with E-state index in [0.29, 0.717) is 12.6 Å². The zero-order valence-electron chi connectivity index (χ0n) is 14.4. The summed E-state index contributed by atoms with van der Waals surface area (Å²) in [6.45, 7) is 7.16. The number of thiazole rings is 1. The molecule has 0 saturated carbocycles. The molecule has 1 aromatic carbocycles. The number of nitrogens with one attached hydrogen (secondary N) is 1. The maximum atomic E-state index is 10.8. The van der Waals surface area contributed by atoms with Crippen molar-refractivity contribution in [1.29, 1.82) is 0 Å². The van der Waals surface area contributed by atoms with Gasteiger partial charge in [0.15, 0.2) is 0 Å². The summed E-state index contributed by atoms with van der Waals surface area (Å²) in [6.07, 6.45) is 1.83. The van der Waals surface area contributed by atoms with E-state index in [2.05, 4.69) is 42.3 Å². The molecule has 4 rings (SSSR count). The van der Waals surface area contributed by atoms with Gasteiger partial charge in [-0.05, 0) is 38.0 Å². The quantitative estimate of drug-likeness (QED) is 0.689. The minimum atomic E-state index is 0.553. The fourth-order valence-electron chi connectivity index (χ4n) is 3.41. The first-order chi connectivity index (χ1) is 12.2. The summed E-state index contributed by atoms with van der Waals surface area (Å²) in [7, 11) is 0. The maximum Gasteiger partial charge on any atom is 0.207 e. The molecule has 130 valence electrons. The van der Waals surface area contributed by atoms with E-state index in [4.69, 9.17) is 4.98 Å². The second-order valence-electron chi connectivity index (χ2n) is 6.60. The molecule has 3 heterocycles. The molecule has 0 saturated heterocycles. The van der Waals surface area contributed by atoms with Crippen molar-refractivity contribution in [1.82, 2.24) is 15.2 Å². The van der Waals surface area contributed by atoms with Crippen molar-refractivity contribution in [2.75, 3.05) is 6.54 Å². The van der Waals surface area contributed by atoms with Gasteiger partial charge in [0.25, 0.3) is 0 Å². The highest BCUT2D eigenvalue weighted by Gasteiger charge is 2.27. The summed E-state index contributed by atoms with van der Waals surface area (Å²) in [6, 6.07) is 8.84. The topological polar surface area (TPSA) is 45.2 Å². The van der Waals surface area contributed by atoms with Crippen molar-refractivity contribution in [2.45, 2.75) is 39.4 Å². The van der Waals surface area contributed by atoms with Crippen LogP contribution in [0.2, 0.25) is 0 Å². The van der Waals surface area contributed by atoms with E-state index < -0.39 is 0 Å². The molecule has 1 N–H and O–H groups in total. The normalized spacial score (nSPS) is 14.8. The van der Waals surface area contributed by atoms with Crippen LogP contribution in [-0.2, 0) is 24.3 Å². The van der Waals surface area contributed by atoms with Gasteiger partial charge in [0.2, 0.25) is 6.41 Å². The third-order valence-corrected chi connectivity index (χ3v) is 7.01. The van der Waals surface area contributed by atoms with Crippen LogP contribution in [0, 0.1) is 0 Å². The zero-order chi connectivity index (χ0) is 17.4. The number of hydrogen-bond donors (Lipinski definition) is 1. The monoisotopic (exact) mass is 371 g/mol. The van der Waals surface area contributed by atoms with Gasteiger partial charge >= 0.3 is 0 Å². The maximum absolute atomic E-state index is 10.8. The summed E-state index contributed by atoms with van der Waals surface area (Å²) >= 11 is 3.58. The summed E-state index contributed by atoms with van der Waals surface area (Å²) in [5.41, 5.74) is 3.75. The van der Waals surface area contributed by atoms with E-state index in [9.17, 15) is 4.79 Å². The number of rotatable bonds is 5. The molecule has 0 aliphatic carbocycles. The molecule has 25 heavy (non-hydrogen) atoms. The molecule has 1 aliphatic heterocycles. The Morgan fingerprint density at radius 2 is 2.16 bits per heavy atom. The predicted octanol–water partition coefficient (Wildman–Crippen LogP) is 4.04. The number of carbonyl (C=O) groups excluding carboxylic acids is 1. The molecule has 2 aromatic heterocycles. The van der Waals surface area contributed by atoms with Crippen LogP contribution < -0.4 is 5.32 Å². The van der Waals surface area contributed by atoms with Gasteiger partial charge in [-0.1, -0.05) is 12.1 Å². The van der Waals surface area contributed by atoms with Gasteiger partial charge in [0.05, 0.1) is 16.8 Å². The largest absolute Gasteiger partial charge is 0.354 e. The third kappa shape index (κ3) is 3.10. The Morgan fingerprint density at radius 1 is 1.32 bits per heavy atom. The zero-order valence-corrected chi connectivity index (χ0v) is 16.0. The summed E-state index contributed by atoms with van der Waals surface area (Å²) in [5, 5.41) is 3.93. The smallest absolute Gasteiger partial charge is 0.207 e. The predicted molar refractivity (Wildman–Crippen MR) is 105 cm³/mol. The van der Waals surface area contributed by atoms with Crippen LogP contribution >= 0.6 is 22.7 Å². The van der Waals surface area contributed by atoms with Gasteiger partial charge in [0, 0.05) is 34.4 Å². The molecular weight excluding hydrogens is 350 g/mol. The molecule has 1 amide bonds. The van der Waals surface area contributed by atoms with Gasteiger partial charge < -0.3 is 5.32 Å². The van der Waals surface area contributed by atoms with Crippen molar-refractivity contribution in [3.05, 3.63) is 39.6 Å². The Labute approximate surface area is 155 Å². The van der Waals surface area contributed by atoms with Crippen molar-refractivity contribution >= 4 is 39.3 Å². The van der Waals surface area contributed by atoms with Crippen LogP contribution in [0.3, 0.4) is 0 Å². The number of carbonyl (C=O) groups is 1. The Morgan fingerprint density at radius 3 is 2.92 bits per heavy atom. The van der Waals surface area contributed by atoms with E-state index in [1.807, 2.05) is 17.4 Å². The SMILES string of the molecule is CC(C)N1CCc2c(sc(CNC=O)c2-c2nc3ccccc3s2)C1. The number of fused-ring (bicyclic) bond motifs is 2. The third-order valence-electron chi connectivity index (χ3n) is 4.74. The van der Waals surface area contributed by atoms with Crippen LogP contribution in [0.4, 0.5) is 0 Å². The molecule has 0 atom stereocenters. The Bertz CT molecular complexity index is 880. The van der Waals surface area contributed by atoms with E-state index in [0.717, 1.165) is 36.4 Å². The fraction of sp³-hybridized carbons (Fsp3) is 0.368. The first-order valence-electron chi connectivity index (χ1n) is 8.58. The van der Waals surface area contributed by atoms with Crippen LogP contribution in [0.15, 0.2) is 24.3 Å². The van der Waals surface area contributed by atoms with Gasteiger partial charge in [-0.15, -0.1) is 22.7 Å². The minimum Gasteiger partial charge on any atom is -0.354 e. The Kier molecular flexibility index (Phi) is 4.58. The number of nitrogens with zero attached hydrogens (tertiary/aromatic N) is 2. The standard InChI is InChI=1S/C19H21N3OS2/c1-12(2)22-8-7-13-17(10-22)24-16(9-20-11-23)18(13)19-21-14-5-3-4-6-15(14)25-19/h3-6,11-12H,7-10H2,1-2H3,(H,20,23). The molecule has 4 nitrogen and oxygen atoms in total. The van der Waals surface area contributed by atoms with Crippen LogP contribution in [-0.4, -0.2) is 28.9 Å². The molecule has 6 heteroatoms. The van der Waals surface area contributed by atoms with Crippen molar-refractivity contribution in [2.24, 2.45) is 0 Å². The highest BCUT2D eigenvalue weighted by atomic mass is 32.1. The number of benzene rings is 1. The van der Waals surface area contributed by atoms with Crippen LogP contribution in [0.5, 0.6) is 0 Å². The van der Waals surface area contributed by atoms with E-state index in [1.165, 1.54) is 25.6 Å². The Hall–Kier alpha value is -1.76. The minimum absolute atomic E-state index is 0.553. The molecule has 1 aliphatic rings. The summed E-state index contributed by atoms with van der Waals surface area (Å²) in [5.74, 6) is 0. The van der Waals surface area contributed by atoms with Gasteiger partial charge in [0.1, 0.15) is 5.01 Å². The number of thiophene rings is 1. The molecule has 0 spiro atoms. The summed E-state index contributed by atoms with van der Waals surface area (Å²) in [4.78, 5) is 20.9. The lowest BCUT2D eigenvalue weighted by Crippen LogP contribution is -2.35. The van der Waals surface area contributed by atoms with Crippen molar-refractivity contribution in [3.63, 3.8) is 0 Å². The molecule has 3 aromatic rings. The van der Waals surface area contributed by atoms with Crippen molar-refractivity contribution in [3.8, 4) is 10.6 Å². The highest BCUT2D eigenvalue weighted by Crippen LogP contribution is 2.42. The number of hydrogen-bond acceptors (Lipinski definition) is 5. The van der Waals surface area contributed by atoms with Crippen LogP contribution in [0.25, 0.3) is 20.8 Å². The Balaban J connectivity index is 1.81. The first-order valence-corrected chi connectivity index (χ1v) is 10.2. The van der Waals surface area contributed by atoms with Gasteiger partial charge in [-0.2, -0.15) is 0 Å². The molecule has 0 bridgehead atoms. The van der Waals surface area contributed by atoms with Gasteiger partial charge in [-0.3, -0.25) is 9.69 Å². The second-order valence-corrected chi connectivity index (χ2v) is 8.82. The first kappa shape index (κ1) is 16.7. The lowest BCUT2D eigenvalue weighted by Gasteiger charge is -2.30. The fourth-order valence-corrected chi connectivity index (χ4v) is 5.87. The lowest BCUT2D eigenvalue weighted by atomic mass is 10.0. The number of amides is 1. The second kappa shape index (κ2) is 6.86. The van der Waals surface area contributed by atoms with E-state index >= 15 is 0 Å². The van der Waals surface area contributed by atoms with Crippen molar-refractivity contribution < 1.29 is 4.79 Å². The summed E-state index contributed by atoms with van der Waals surface area (Å²) < 4.78 is 1.21. The average Bonchev–Trinajstić information content (AvgIpc) is 3.19. The van der Waals surface area contributed by atoms with Gasteiger partial charge in [-0.25, -0.2) is 4.98 Å². The number of aromatic nitrogens is 1. The van der Waals surface area contributed by atoms with E-state index in [-0.39, 0.29) is 0 Å². The average molecular weight is 372 g/mol. The van der Waals surface area contributed by atoms with E-state index in [1.54, 1.807) is 11.3 Å². The molecule has 0 unspecified atom stereocenters. The molecule has 0 radical (unpaired) electrons. The van der Waals surface area contributed by atoms with Crippen LogP contribution in [0.1, 0.15) is 29.2 Å².